The van der Waals surface area contributed by atoms with Crippen LogP contribution in [0.2, 0.25) is 0 Å². The molecule has 1 saturated carbocycles. The van der Waals surface area contributed by atoms with Gasteiger partial charge in [0.2, 0.25) is 0 Å². The van der Waals surface area contributed by atoms with Crippen LogP contribution >= 0.6 is 0 Å². The molecule has 6 heteroatoms. The number of benzene rings is 2. The van der Waals surface area contributed by atoms with E-state index >= 15 is 0 Å². The van der Waals surface area contributed by atoms with Crippen molar-refractivity contribution in [2.24, 2.45) is 9.98 Å². The van der Waals surface area contributed by atoms with Crippen LogP contribution in [0.25, 0.3) is 0 Å². The van der Waals surface area contributed by atoms with Crippen molar-refractivity contribution in [1.82, 2.24) is 9.80 Å². The molecule has 0 atom stereocenters. The Bertz CT molecular complexity index is 1020. The predicted octanol–water partition coefficient (Wildman–Crippen LogP) is 6.97. The first-order valence-corrected chi connectivity index (χ1v) is 16.2. The number of aliphatic imine (C=N–C) groups is 2. The lowest BCUT2D eigenvalue weighted by Crippen LogP contribution is -2.33. The Morgan fingerprint density at radius 3 is 1.31 bits per heavy atom. The molecule has 1 fully saturated rings. The molecule has 1 aliphatic rings. The average Bonchev–Trinajstić information content (AvgIpc) is 3.01. The minimum Gasteiger partial charge on any atom is -0.299 e. The highest BCUT2D eigenvalue weighted by Crippen LogP contribution is 2.12. The molecular weight excluding hydrogens is 520 g/mol. The van der Waals surface area contributed by atoms with Gasteiger partial charge in [0.05, 0.1) is 24.3 Å². The predicted molar refractivity (Wildman–Crippen MR) is 176 cm³/mol. The first-order chi connectivity index (χ1) is 20.6. The Balaban J connectivity index is 1.24. The molecule has 0 radical (unpaired) electrons. The number of unbranched alkanes of at least 4 members (excludes halogenated alkanes) is 6. The van der Waals surface area contributed by atoms with E-state index in [1.54, 1.807) is 0 Å². The molecule has 3 rings (SSSR count). The Morgan fingerprint density at radius 1 is 0.548 bits per heavy atom. The number of hydrogen-bond donors (Lipinski definition) is 0. The topological polar surface area (TPSA) is 65.3 Å². The van der Waals surface area contributed by atoms with Gasteiger partial charge in [0, 0.05) is 26.2 Å². The summed E-state index contributed by atoms with van der Waals surface area (Å²) in [6.07, 6.45) is 9.00. The van der Waals surface area contributed by atoms with E-state index in [1.165, 1.54) is 24.0 Å². The van der Waals surface area contributed by atoms with Crippen molar-refractivity contribution in [3.63, 3.8) is 0 Å². The van der Waals surface area contributed by atoms with Crippen LogP contribution < -0.4 is 0 Å². The molecule has 2 aromatic rings. The van der Waals surface area contributed by atoms with E-state index in [2.05, 4.69) is 94.3 Å². The van der Waals surface area contributed by atoms with Crippen molar-refractivity contribution >= 4 is 23.0 Å². The van der Waals surface area contributed by atoms with Crippen molar-refractivity contribution in [2.75, 3.05) is 39.3 Å². The SMILES string of the molecule is CCN(CCCCCCN=C1CC(=O)C(=NCCCCCCN(CC)Cc2ccccc2)CC1=O)Cc1ccccc1. The van der Waals surface area contributed by atoms with E-state index in [0.717, 1.165) is 77.8 Å². The lowest BCUT2D eigenvalue weighted by atomic mass is 9.93. The maximum absolute atomic E-state index is 12.6. The largest absolute Gasteiger partial charge is 0.299 e. The maximum atomic E-state index is 12.6. The molecule has 0 saturated heterocycles. The van der Waals surface area contributed by atoms with Crippen molar-refractivity contribution in [2.45, 2.75) is 91.1 Å². The molecule has 2 aromatic carbocycles. The van der Waals surface area contributed by atoms with E-state index in [1.807, 2.05) is 0 Å². The fourth-order valence-corrected chi connectivity index (χ4v) is 5.40. The smallest absolute Gasteiger partial charge is 0.183 e. The summed E-state index contributed by atoms with van der Waals surface area (Å²) in [7, 11) is 0. The lowest BCUT2D eigenvalue weighted by molar-refractivity contribution is -0.116. The Morgan fingerprint density at radius 2 is 0.929 bits per heavy atom. The zero-order valence-corrected chi connectivity index (χ0v) is 26.1. The van der Waals surface area contributed by atoms with Gasteiger partial charge in [-0.05, 0) is 63.0 Å². The Labute approximate surface area is 254 Å². The van der Waals surface area contributed by atoms with Gasteiger partial charge in [-0.1, -0.05) is 100 Å². The minimum absolute atomic E-state index is 0.0223. The minimum atomic E-state index is -0.0223. The number of nitrogens with zero attached hydrogens (tertiary/aromatic N) is 4. The van der Waals surface area contributed by atoms with E-state index in [-0.39, 0.29) is 24.4 Å². The molecule has 0 unspecified atom stereocenters. The highest BCUT2D eigenvalue weighted by Gasteiger charge is 2.27. The van der Waals surface area contributed by atoms with E-state index in [0.29, 0.717) is 24.5 Å². The second-order valence-corrected chi connectivity index (χ2v) is 11.4. The summed E-state index contributed by atoms with van der Waals surface area (Å²) in [5.74, 6) is -0.0446. The van der Waals surface area contributed by atoms with Crippen LogP contribution in [0.3, 0.4) is 0 Å². The van der Waals surface area contributed by atoms with Gasteiger partial charge in [-0.25, -0.2) is 0 Å². The Kier molecular flexibility index (Phi) is 16.0. The normalized spacial score (nSPS) is 15.9. The van der Waals surface area contributed by atoms with E-state index in [4.69, 9.17) is 0 Å². The fourth-order valence-electron chi connectivity index (χ4n) is 5.40. The summed E-state index contributed by atoms with van der Waals surface area (Å²) >= 11 is 0. The molecule has 42 heavy (non-hydrogen) atoms. The van der Waals surface area contributed by atoms with Gasteiger partial charge in [0.15, 0.2) is 11.6 Å². The van der Waals surface area contributed by atoms with Crippen LogP contribution in [-0.4, -0.2) is 72.1 Å². The van der Waals surface area contributed by atoms with Crippen LogP contribution in [0, 0.1) is 0 Å². The summed E-state index contributed by atoms with van der Waals surface area (Å²) in [6.45, 7) is 12.0. The first kappa shape index (κ1) is 33.5. The number of carbonyl (C=O) groups is 2. The van der Waals surface area contributed by atoms with Gasteiger partial charge in [-0.15, -0.1) is 0 Å². The number of ketones is 2. The average molecular weight is 573 g/mol. The molecule has 0 N–H and O–H groups in total. The quantitative estimate of drug-likeness (QED) is 0.161. The molecule has 0 aromatic heterocycles. The molecule has 0 spiro atoms. The van der Waals surface area contributed by atoms with Gasteiger partial charge >= 0.3 is 0 Å². The summed E-state index contributed by atoms with van der Waals surface area (Å²) in [6, 6.07) is 21.3. The summed E-state index contributed by atoms with van der Waals surface area (Å²) < 4.78 is 0. The Hall–Kier alpha value is -2.96. The first-order valence-electron chi connectivity index (χ1n) is 16.2. The van der Waals surface area contributed by atoms with Crippen LogP contribution in [0.5, 0.6) is 0 Å². The van der Waals surface area contributed by atoms with Crippen LogP contribution in [-0.2, 0) is 22.7 Å². The monoisotopic (exact) mass is 572 g/mol. The standard InChI is InChI=1S/C36H52N4O2/c1-3-39(29-31-19-11-9-12-20-31)25-17-7-5-15-23-37-33-27-36(42)34(28-35(33)41)38-24-16-6-8-18-26-40(4-2)30-32-21-13-10-14-22-32/h9-14,19-22H,3-8,15-18,23-30H2,1-2H3. The summed E-state index contributed by atoms with van der Waals surface area (Å²) in [5, 5.41) is 0. The third kappa shape index (κ3) is 12.9. The second-order valence-electron chi connectivity index (χ2n) is 11.4. The van der Waals surface area contributed by atoms with Gasteiger partial charge < -0.3 is 0 Å². The van der Waals surface area contributed by atoms with Crippen LogP contribution in [0.4, 0.5) is 0 Å². The second kappa shape index (κ2) is 20.0. The van der Waals surface area contributed by atoms with E-state index in [9.17, 15) is 9.59 Å². The number of Topliss-reactive ketones (excluding diaryl/α,β-unsaturated/α-hetero) is 2. The zero-order valence-electron chi connectivity index (χ0n) is 26.1. The lowest BCUT2D eigenvalue weighted by Gasteiger charge is -2.20. The van der Waals surface area contributed by atoms with Gasteiger partial charge in [0.1, 0.15) is 0 Å². The maximum Gasteiger partial charge on any atom is 0.183 e. The summed E-state index contributed by atoms with van der Waals surface area (Å²) in [4.78, 5) is 39.2. The van der Waals surface area contributed by atoms with Gasteiger partial charge in [0.25, 0.3) is 0 Å². The molecule has 0 amide bonds. The van der Waals surface area contributed by atoms with Gasteiger partial charge in [-0.3, -0.25) is 29.4 Å². The van der Waals surface area contributed by atoms with E-state index < -0.39 is 0 Å². The van der Waals surface area contributed by atoms with Crippen LogP contribution in [0.15, 0.2) is 70.6 Å². The van der Waals surface area contributed by atoms with Gasteiger partial charge in [-0.2, -0.15) is 0 Å². The highest BCUT2D eigenvalue weighted by molar-refractivity contribution is 6.60. The molecule has 1 aliphatic carbocycles. The highest BCUT2D eigenvalue weighted by atomic mass is 16.1. The fraction of sp³-hybridized carbons (Fsp3) is 0.556. The molecular formula is C36H52N4O2. The van der Waals surface area contributed by atoms with Crippen LogP contribution in [0.1, 0.15) is 89.2 Å². The van der Waals surface area contributed by atoms with Crippen molar-refractivity contribution < 1.29 is 9.59 Å². The number of carbonyl (C=O) groups excluding carboxylic acids is 2. The number of rotatable bonds is 20. The molecule has 0 heterocycles. The van der Waals surface area contributed by atoms with Crippen molar-refractivity contribution in [1.29, 1.82) is 0 Å². The molecule has 0 bridgehead atoms. The molecule has 228 valence electrons. The van der Waals surface area contributed by atoms with Crippen molar-refractivity contribution in [3.05, 3.63) is 71.8 Å². The zero-order chi connectivity index (χ0) is 29.8. The number of hydrogen-bond acceptors (Lipinski definition) is 6. The van der Waals surface area contributed by atoms with Crippen molar-refractivity contribution in [3.8, 4) is 0 Å². The molecule has 0 aliphatic heterocycles. The third-order valence-electron chi connectivity index (χ3n) is 8.06. The summed E-state index contributed by atoms with van der Waals surface area (Å²) in [5.41, 5.74) is 3.63. The molecule has 6 nitrogen and oxygen atoms in total. The third-order valence-corrected chi connectivity index (χ3v) is 8.06.